The van der Waals surface area contributed by atoms with E-state index in [1.54, 1.807) is 0 Å². The summed E-state index contributed by atoms with van der Waals surface area (Å²) in [5, 5.41) is 17.6. The van der Waals surface area contributed by atoms with Gasteiger partial charge in [-0.2, -0.15) is 0 Å². The van der Waals surface area contributed by atoms with Gasteiger partial charge in [0.1, 0.15) is 0 Å². The van der Waals surface area contributed by atoms with E-state index in [1.807, 2.05) is 0 Å². The van der Waals surface area contributed by atoms with Crippen molar-refractivity contribution in [3.63, 3.8) is 0 Å². The molecule has 0 fully saturated rings. The van der Waals surface area contributed by atoms with Crippen LogP contribution in [0.1, 0.15) is 6.92 Å². The lowest BCUT2D eigenvalue weighted by Crippen LogP contribution is -2.59. The zero-order valence-corrected chi connectivity index (χ0v) is 7.73. The first kappa shape index (κ1) is 12.4. The summed E-state index contributed by atoms with van der Waals surface area (Å²) >= 11 is 0. The van der Waals surface area contributed by atoms with Gasteiger partial charge in [0.15, 0.2) is 5.54 Å². The van der Waals surface area contributed by atoms with Crippen LogP contribution in [-0.2, 0) is 13.9 Å². The number of carbonyl (C=O) groups excluding carboxylic acids is 1. The summed E-state index contributed by atoms with van der Waals surface area (Å²) in [5.41, 5.74) is 3.09. The van der Waals surface area contributed by atoms with E-state index in [0.717, 1.165) is 6.92 Å². The fraction of sp³-hybridized carbons (Fsp3) is 0.800. The minimum absolute atomic E-state index is 0.910. The van der Waals surface area contributed by atoms with Gasteiger partial charge >= 0.3 is 14.2 Å². The number of hydrogen-bond donors (Lipinski definition) is 3. The van der Waals surface area contributed by atoms with Crippen molar-refractivity contribution in [2.45, 2.75) is 18.6 Å². The van der Waals surface area contributed by atoms with Gasteiger partial charge in [0, 0.05) is 0 Å². The number of carbonyl (C=O) groups is 1. The van der Waals surface area contributed by atoms with E-state index in [-0.39, 0.29) is 0 Å². The zero-order chi connectivity index (χ0) is 10.6. The van der Waals surface area contributed by atoms with Crippen molar-refractivity contribution in [1.29, 1.82) is 0 Å². The van der Waals surface area contributed by atoms with Crippen LogP contribution in [0.15, 0.2) is 0 Å². The standard InChI is InChI=1S/C5H10NO6P/c1-3(8)5(6,2-7)4(9)12-13(10)11/h3,7-8H,2,6H2,1H3. The number of aliphatic hydroxyl groups excluding tert-OH is 2. The molecule has 0 aromatic carbocycles. The van der Waals surface area contributed by atoms with E-state index in [0.29, 0.717) is 0 Å². The van der Waals surface area contributed by atoms with E-state index in [2.05, 4.69) is 4.52 Å². The van der Waals surface area contributed by atoms with Crippen molar-refractivity contribution in [3.8, 4) is 0 Å². The second-order valence-electron chi connectivity index (χ2n) is 2.48. The third kappa shape index (κ3) is 2.98. The second-order valence-corrected chi connectivity index (χ2v) is 3.11. The highest BCUT2D eigenvalue weighted by molar-refractivity contribution is 7.31. The topological polar surface area (TPSA) is 133 Å². The molecule has 0 aliphatic heterocycles. The number of rotatable bonds is 4. The Balaban J connectivity index is 4.57. The van der Waals surface area contributed by atoms with Crippen molar-refractivity contribution in [2.75, 3.05) is 6.61 Å². The summed E-state index contributed by atoms with van der Waals surface area (Å²) in [5.74, 6) is -1.39. The predicted octanol–water partition coefficient (Wildman–Crippen LogP) is -2.38. The summed E-state index contributed by atoms with van der Waals surface area (Å²) in [7, 11) is -3.39. The molecule has 0 aromatic heterocycles. The SMILES string of the molecule is CC(O)C(N)(CO)C(=O)O[P+](=O)[O-]. The van der Waals surface area contributed by atoms with Gasteiger partial charge < -0.3 is 20.8 Å². The summed E-state index contributed by atoms with van der Waals surface area (Å²) in [6.45, 7) is 0.224. The van der Waals surface area contributed by atoms with Crippen molar-refractivity contribution >= 4 is 14.2 Å². The Morgan fingerprint density at radius 2 is 2.31 bits per heavy atom. The minimum atomic E-state index is -3.39. The highest BCUT2D eigenvalue weighted by atomic mass is 31.1. The molecular weight excluding hydrogens is 201 g/mol. The second kappa shape index (κ2) is 4.59. The van der Waals surface area contributed by atoms with Crippen LogP contribution in [0.25, 0.3) is 0 Å². The molecule has 13 heavy (non-hydrogen) atoms. The smallest absolute Gasteiger partial charge is 0.542 e. The first-order valence-corrected chi connectivity index (χ1v) is 4.38. The van der Waals surface area contributed by atoms with Crippen molar-refractivity contribution in [3.05, 3.63) is 0 Å². The molecule has 3 unspecified atom stereocenters. The van der Waals surface area contributed by atoms with Gasteiger partial charge in [-0.1, -0.05) is 0 Å². The van der Waals surface area contributed by atoms with E-state index in [9.17, 15) is 14.3 Å². The van der Waals surface area contributed by atoms with Gasteiger partial charge in [-0.25, -0.2) is 9.32 Å². The molecule has 0 radical (unpaired) electrons. The van der Waals surface area contributed by atoms with Crippen LogP contribution in [0, 0.1) is 0 Å². The summed E-state index contributed by atoms with van der Waals surface area (Å²) < 4.78 is 13.7. The third-order valence-corrected chi connectivity index (χ3v) is 1.86. The molecule has 3 atom stereocenters. The maximum Gasteiger partial charge on any atom is 0.542 e. The molecule has 0 rings (SSSR count). The van der Waals surface area contributed by atoms with Crippen LogP contribution in [0.4, 0.5) is 0 Å². The Bertz CT molecular complexity index is 219. The van der Waals surface area contributed by atoms with Crippen LogP contribution in [0.5, 0.6) is 0 Å². The number of hydrogen-bond acceptors (Lipinski definition) is 7. The molecule has 0 aliphatic carbocycles. The Morgan fingerprint density at radius 3 is 2.54 bits per heavy atom. The van der Waals surface area contributed by atoms with E-state index in [1.165, 1.54) is 0 Å². The molecule has 4 N–H and O–H groups in total. The first-order chi connectivity index (χ1) is 5.84. The molecule has 0 saturated heterocycles. The van der Waals surface area contributed by atoms with E-state index >= 15 is 0 Å². The fourth-order valence-electron chi connectivity index (χ4n) is 0.520. The average Bonchev–Trinajstić information content (AvgIpc) is 2.01. The molecule has 0 bridgehead atoms. The maximum atomic E-state index is 10.9. The van der Waals surface area contributed by atoms with Gasteiger partial charge in [-0.3, -0.25) is 0 Å². The van der Waals surface area contributed by atoms with Crippen LogP contribution in [0.2, 0.25) is 0 Å². The highest BCUT2D eigenvalue weighted by Crippen LogP contribution is 2.17. The molecule has 0 spiro atoms. The molecule has 7 nitrogen and oxygen atoms in total. The van der Waals surface area contributed by atoms with Crippen molar-refractivity contribution in [2.24, 2.45) is 5.73 Å². The van der Waals surface area contributed by atoms with Crippen LogP contribution in [-0.4, -0.2) is 34.4 Å². The van der Waals surface area contributed by atoms with E-state index in [4.69, 9.17) is 15.9 Å². The Labute approximate surface area is 75.1 Å². The quantitative estimate of drug-likeness (QED) is 0.442. The van der Waals surface area contributed by atoms with Gasteiger partial charge in [-0.05, 0) is 11.5 Å². The van der Waals surface area contributed by atoms with Crippen molar-refractivity contribution < 1.29 is 29.0 Å². The molecule has 8 heteroatoms. The maximum absolute atomic E-state index is 10.9. The fourth-order valence-corrected chi connectivity index (χ4v) is 0.825. The zero-order valence-electron chi connectivity index (χ0n) is 6.84. The van der Waals surface area contributed by atoms with Crippen LogP contribution < -0.4 is 10.6 Å². The Morgan fingerprint density at radius 1 is 1.85 bits per heavy atom. The third-order valence-electron chi connectivity index (χ3n) is 1.54. The number of nitrogens with two attached hydrogens (primary N) is 1. The highest BCUT2D eigenvalue weighted by Gasteiger charge is 2.43. The lowest BCUT2D eigenvalue weighted by molar-refractivity contribution is -0.191. The molecule has 0 saturated carbocycles. The van der Waals surface area contributed by atoms with Gasteiger partial charge in [-0.15, -0.1) is 0 Å². The summed E-state index contributed by atoms with van der Waals surface area (Å²) in [6, 6.07) is 0. The molecule has 0 aromatic rings. The van der Waals surface area contributed by atoms with Gasteiger partial charge in [0.2, 0.25) is 0 Å². The lowest BCUT2D eigenvalue weighted by Gasteiger charge is -2.24. The predicted molar refractivity (Wildman–Crippen MR) is 39.4 cm³/mol. The van der Waals surface area contributed by atoms with Crippen LogP contribution >= 0.6 is 8.25 Å². The van der Waals surface area contributed by atoms with E-state index < -0.39 is 32.5 Å². The lowest BCUT2D eigenvalue weighted by atomic mass is 9.96. The molecular formula is C5H10NO6P. The Kier molecular flexibility index (Phi) is 4.38. The van der Waals surface area contributed by atoms with Crippen molar-refractivity contribution in [1.82, 2.24) is 0 Å². The largest absolute Gasteiger partial charge is 0.558 e. The molecule has 0 amide bonds. The average molecular weight is 211 g/mol. The first-order valence-electron chi connectivity index (χ1n) is 3.29. The Hall–Kier alpha value is -0.590. The molecule has 0 aliphatic rings. The normalized spacial score (nSPS) is 18.7. The van der Waals surface area contributed by atoms with Gasteiger partial charge in [0.25, 0.3) is 0 Å². The molecule has 0 heterocycles. The number of aliphatic hydroxyl groups is 2. The van der Waals surface area contributed by atoms with Gasteiger partial charge in [0.05, 0.1) is 12.7 Å². The summed E-state index contributed by atoms with van der Waals surface area (Å²) in [4.78, 5) is 20.9. The summed E-state index contributed by atoms with van der Waals surface area (Å²) in [6.07, 6.45) is -1.42. The monoisotopic (exact) mass is 211 g/mol. The van der Waals surface area contributed by atoms with Crippen LogP contribution in [0.3, 0.4) is 0 Å². The molecule has 76 valence electrons. The minimum Gasteiger partial charge on any atom is -0.558 e.